The molecule has 1 nitrogen and oxygen atoms in total. The normalized spacial score (nSPS) is 18.4. The van der Waals surface area contributed by atoms with Gasteiger partial charge in [0, 0.05) is 17.5 Å². The molecule has 1 fully saturated rings. The van der Waals surface area contributed by atoms with Crippen LogP contribution in [0.2, 0.25) is 0 Å². The topological polar surface area (TPSA) is 12.0 Å². The molecule has 0 spiro atoms. The van der Waals surface area contributed by atoms with Crippen LogP contribution in [0.3, 0.4) is 0 Å². The largest absolute Gasteiger partial charge is 0.308 e. The Morgan fingerprint density at radius 1 is 1.00 bits per heavy atom. The number of rotatable bonds is 3. The molecule has 0 atom stereocenters. The van der Waals surface area contributed by atoms with Crippen molar-refractivity contribution < 1.29 is 0 Å². The highest BCUT2D eigenvalue weighted by atomic mass is 14.9. The molecule has 0 radical (unpaired) electrons. The zero-order chi connectivity index (χ0) is 14.3. The van der Waals surface area contributed by atoms with Gasteiger partial charge in [0.15, 0.2) is 0 Å². The van der Waals surface area contributed by atoms with Crippen molar-refractivity contribution in [2.45, 2.75) is 71.9 Å². The first-order chi connectivity index (χ1) is 8.66. The fourth-order valence-corrected chi connectivity index (χ4v) is 3.05. The highest BCUT2D eigenvalue weighted by molar-refractivity contribution is 5.40. The van der Waals surface area contributed by atoms with Gasteiger partial charge in [-0.15, -0.1) is 0 Å². The first-order valence-corrected chi connectivity index (χ1v) is 7.49. The van der Waals surface area contributed by atoms with Crippen molar-refractivity contribution in [1.29, 1.82) is 0 Å². The van der Waals surface area contributed by atoms with Crippen LogP contribution < -0.4 is 5.32 Å². The predicted molar refractivity (Wildman–Crippen MR) is 83.4 cm³/mol. The van der Waals surface area contributed by atoms with Crippen LogP contribution in [-0.2, 0) is 12.0 Å². The molecule has 1 aliphatic carbocycles. The molecular formula is C18H29N. The molecule has 0 heterocycles. The Hall–Kier alpha value is -0.820. The van der Waals surface area contributed by atoms with E-state index in [1.165, 1.54) is 18.4 Å². The van der Waals surface area contributed by atoms with Gasteiger partial charge in [-0.2, -0.15) is 0 Å². The minimum atomic E-state index is 0.172. The average molecular weight is 259 g/mol. The summed E-state index contributed by atoms with van der Waals surface area (Å²) in [4.78, 5) is 0. The highest BCUT2D eigenvalue weighted by Crippen LogP contribution is 2.60. The second-order valence-electron chi connectivity index (χ2n) is 8.09. The number of hydrogen-bond donors (Lipinski definition) is 1. The van der Waals surface area contributed by atoms with Crippen LogP contribution in [0.25, 0.3) is 0 Å². The Morgan fingerprint density at radius 2 is 1.58 bits per heavy atom. The zero-order valence-corrected chi connectivity index (χ0v) is 13.4. The van der Waals surface area contributed by atoms with Crippen LogP contribution in [0.4, 0.5) is 0 Å². The smallest absolute Gasteiger partial charge is 0.0213 e. The van der Waals surface area contributed by atoms with E-state index in [1.807, 2.05) is 0 Å². The van der Waals surface area contributed by atoms with Crippen molar-refractivity contribution in [3.8, 4) is 0 Å². The van der Waals surface area contributed by atoms with Gasteiger partial charge >= 0.3 is 0 Å². The Balaban J connectivity index is 2.28. The van der Waals surface area contributed by atoms with Crippen molar-refractivity contribution in [3.63, 3.8) is 0 Å². The summed E-state index contributed by atoms with van der Waals surface area (Å²) in [5, 5.41) is 3.63. The number of nitrogens with one attached hydrogen (secondary N) is 1. The molecule has 0 aromatic heterocycles. The summed E-state index contributed by atoms with van der Waals surface area (Å²) in [6.45, 7) is 14.8. The molecule has 0 bridgehead atoms. The van der Waals surface area contributed by atoms with E-state index in [0.717, 1.165) is 6.54 Å². The molecule has 1 heteroatoms. The summed E-state index contributed by atoms with van der Waals surface area (Å²) in [6.07, 6.45) is 2.67. The second kappa shape index (κ2) is 4.63. The minimum absolute atomic E-state index is 0.172. The summed E-state index contributed by atoms with van der Waals surface area (Å²) in [5.74, 6) is 0. The van der Waals surface area contributed by atoms with E-state index in [1.54, 1.807) is 5.56 Å². The van der Waals surface area contributed by atoms with Gasteiger partial charge in [0.05, 0.1) is 0 Å². The van der Waals surface area contributed by atoms with E-state index in [-0.39, 0.29) is 5.54 Å². The van der Waals surface area contributed by atoms with Crippen LogP contribution in [0, 0.1) is 5.41 Å². The number of hydrogen-bond acceptors (Lipinski definition) is 1. The van der Waals surface area contributed by atoms with E-state index < -0.39 is 0 Å². The van der Waals surface area contributed by atoms with Crippen molar-refractivity contribution >= 4 is 0 Å². The Bertz CT molecular complexity index is 441. The van der Waals surface area contributed by atoms with E-state index in [4.69, 9.17) is 0 Å². The maximum Gasteiger partial charge on any atom is 0.0213 e. The van der Waals surface area contributed by atoms with Crippen molar-refractivity contribution in [2.75, 3.05) is 0 Å². The highest BCUT2D eigenvalue weighted by Gasteiger charge is 2.53. The van der Waals surface area contributed by atoms with Gasteiger partial charge in [0.2, 0.25) is 0 Å². The van der Waals surface area contributed by atoms with Crippen molar-refractivity contribution in [1.82, 2.24) is 5.32 Å². The molecule has 0 amide bonds. The molecule has 1 aliphatic rings. The predicted octanol–water partition coefficient (Wildman–Crippen LogP) is 4.65. The molecule has 0 saturated heterocycles. The van der Waals surface area contributed by atoms with Crippen LogP contribution in [0.15, 0.2) is 24.3 Å². The molecular weight excluding hydrogens is 230 g/mol. The zero-order valence-electron chi connectivity index (χ0n) is 13.4. The van der Waals surface area contributed by atoms with Gasteiger partial charge in [0.1, 0.15) is 0 Å². The molecule has 0 aliphatic heterocycles. The molecule has 1 aromatic rings. The number of benzene rings is 1. The summed E-state index contributed by atoms with van der Waals surface area (Å²) >= 11 is 0. The van der Waals surface area contributed by atoms with Gasteiger partial charge < -0.3 is 5.32 Å². The van der Waals surface area contributed by atoms with Crippen molar-refractivity contribution in [3.05, 3.63) is 35.4 Å². The van der Waals surface area contributed by atoms with Crippen LogP contribution >= 0.6 is 0 Å². The van der Waals surface area contributed by atoms with Gasteiger partial charge in [-0.25, -0.2) is 0 Å². The summed E-state index contributed by atoms with van der Waals surface area (Å²) < 4.78 is 0. The van der Waals surface area contributed by atoms with Gasteiger partial charge in [0.25, 0.3) is 0 Å². The van der Waals surface area contributed by atoms with Crippen molar-refractivity contribution in [2.24, 2.45) is 5.41 Å². The summed E-state index contributed by atoms with van der Waals surface area (Å²) in [5.41, 5.74) is 3.98. The van der Waals surface area contributed by atoms with E-state index in [2.05, 4.69) is 71.1 Å². The Labute approximate surface area is 118 Å². The third-order valence-electron chi connectivity index (χ3n) is 4.53. The standard InChI is InChI=1S/C18H29N/c1-16(2,3)18(11-12-18)15-10-8-7-9-14(15)13-19-17(4,5)6/h7-10,19H,11-13H2,1-6H3. The Kier molecular flexibility index (Phi) is 3.55. The molecule has 106 valence electrons. The minimum Gasteiger partial charge on any atom is -0.308 e. The molecule has 1 saturated carbocycles. The lowest BCUT2D eigenvalue weighted by molar-refractivity contribution is 0.296. The third kappa shape index (κ3) is 3.02. The maximum absolute atomic E-state index is 3.63. The van der Waals surface area contributed by atoms with Gasteiger partial charge in [-0.1, -0.05) is 45.0 Å². The van der Waals surface area contributed by atoms with E-state index in [0.29, 0.717) is 10.8 Å². The van der Waals surface area contributed by atoms with Crippen LogP contribution in [0.1, 0.15) is 65.5 Å². The quantitative estimate of drug-likeness (QED) is 0.833. The molecule has 0 unspecified atom stereocenters. The van der Waals surface area contributed by atoms with Gasteiger partial charge in [-0.05, 0) is 50.2 Å². The Morgan fingerprint density at radius 3 is 2.05 bits per heavy atom. The fourth-order valence-electron chi connectivity index (χ4n) is 3.05. The molecule has 1 aromatic carbocycles. The average Bonchev–Trinajstić information content (AvgIpc) is 3.06. The summed E-state index contributed by atoms with van der Waals surface area (Å²) in [6, 6.07) is 9.00. The molecule has 1 N–H and O–H groups in total. The van der Waals surface area contributed by atoms with Crippen LogP contribution in [0.5, 0.6) is 0 Å². The fraction of sp³-hybridized carbons (Fsp3) is 0.667. The van der Waals surface area contributed by atoms with E-state index in [9.17, 15) is 0 Å². The van der Waals surface area contributed by atoms with Crippen LogP contribution in [-0.4, -0.2) is 5.54 Å². The SMILES string of the molecule is CC(C)(C)NCc1ccccc1C1(C(C)(C)C)CC1. The van der Waals surface area contributed by atoms with Gasteiger partial charge in [-0.3, -0.25) is 0 Å². The monoisotopic (exact) mass is 259 g/mol. The first kappa shape index (κ1) is 14.6. The molecule has 19 heavy (non-hydrogen) atoms. The first-order valence-electron chi connectivity index (χ1n) is 7.49. The lowest BCUT2D eigenvalue weighted by atomic mass is 9.72. The molecule has 2 rings (SSSR count). The summed E-state index contributed by atoms with van der Waals surface area (Å²) in [7, 11) is 0. The van der Waals surface area contributed by atoms with E-state index >= 15 is 0 Å². The second-order valence-corrected chi connectivity index (χ2v) is 8.09. The third-order valence-corrected chi connectivity index (χ3v) is 4.53. The maximum atomic E-state index is 3.63. The lowest BCUT2D eigenvalue weighted by Crippen LogP contribution is -2.36. The lowest BCUT2D eigenvalue weighted by Gasteiger charge is -2.33.